The summed E-state index contributed by atoms with van der Waals surface area (Å²) in [5, 5.41) is 0. The normalized spacial score (nSPS) is 20.6. The molecule has 0 radical (unpaired) electrons. The van der Waals surface area contributed by atoms with Crippen LogP contribution in [-0.2, 0) is 9.47 Å². The molecular weight excluding hydrogens is 168 g/mol. The maximum atomic E-state index is 10.8. The monoisotopic (exact) mass is 176 g/mol. The number of benzene rings is 1. The summed E-state index contributed by atoms with van der Waals surface area (Å²) in [6, 6.07) is 9.49. The second-order valence-electron chi connectivity index (χ2n) is 2.65. The van der Waals surface area contributed by atoms with E-state index < -0.39 is 6.16 Å². The lowest BCUT2D eigenvalue weighted by Gasteiger charge is -2.16. The van der Waals surface area contributed by atoms with Crippen LogP contribution in [0.1, 0.15) is 11.7 Å². The summed E-state index contributed by atoms with van der Waals surface area (Å²) in [4.78, 5) is 10.8. The Kier molecular flexibility index (Phi) is 2.00. The molecule has 0 spiro atoms. The molecule has 1 unspecified atom stereocenters. The van der Waals surface area contributed by atoms with Gasteiger partial charge in [-0.15, -0.1) is 0 Å². The van der Waals surface area contributed by atoms with Crippen molar-refractivity contribution in [2.75, 3.05) is 0 Å². The van der Waals surface area contributed by atoms with Crippen molar-refractivity contribution in [3.05, 3.63) is 48.2 Å². The predicted octanol–water partition coefficient (Wildman–Crippen LogP) is 2.41. The topological polar surface area (TPSA) is 35.5 Å². The van der Waals surface area contributed by atoms with Gasteiger partial charge in [-0.1, -0.05) is 30.3 Å². The van der Waals surface area contributed by atoms with E-state index in [0.29, 0.717) is 0 Å². The zero-order valence-electron chi connectivity index (χ0n) is 6.84. The molecule has 0 aromatic heterocycles. The van der Waals surface area contributed by atoms with Gasteiger partial charge in [-0.25, -0.2) is 4.79 Å². The molecule has 0 bridgehead atoms. The Morgan fingerprint density at radius 2 is 1.92 bits per heavy atom. The number of hydrogen-bond acceptors (Lipinski definition) is 3. The van der Waals surface area contributed by atoms with E-state index >= 15 is 0 Å². The first-order chi connectivity index (χ1) is 6.36. The third-order valence-corrected chi connectivity index (χ3v) is 1.77. The van der Waals surface area contributed by atoms with Crippen molar-refractivity contribution in [1.82, 2.24) is 0 Å². The van der Waals surface area contributed by atoms with Gasteiger partial charge in [0.2, 0.25) is 0 Å². The van der Waals surface area contributed by atoms with Gasteiger partial charge in [0.15, 0.2) is 6.10 Å². The standard InChI is InChI=1S/C10H8O3/c11-10-12-7-6-9(13-10)8-4-2-1-3-5-8/h1-7,9H. The molecule has 3 nitrogen and oxygen atoms in total. The van der Waals surface area contributed by atoms with Crippen molar-refractivity contribution in [2.45, 2.75) is 6.10 Å². The molecule has 0 N–H and O–H groups in total. The summed E-state index contributed by atoms with van der Waals surface area (Å²) in [6.45, 7) is 0. The van der Waals surface area contributed by atoms with Crippen LogP contribution in [0.3, 0.4) is 0 Å². The Morgan fingerprint density at radius 3 is 2.62 bits per heavy atom. The molecule has 66 valence electrons. The SMILES string of the molecule is O=C1OC=CC(c2ccccc2)O1. The second kappa shape index (κ2) is 3.31. The zero-order chi connectivity index (χ0) is 9.10. The molecular formula is C10H8O3. The lowest BCUT2D eigenvalue weighted by Crippen LogP contribution is -2.13. The number of cyclic esters (lactones) is 2. The summed E-state index contributed by atoms with van der Waals surface area (Å²) in [7, 11) is 0. The summed E-state index contributed by atoms with van der Waals surface area (Å²) >= 11 is 0. The molecule has 0 fully saturated rings. The van der Waals surface area contributed by atoms with Crippen LogP contribution >= 0.6 is 0 Å². The van der Waals surface area contributed by atoms with Crippen molar-refractivity contribution in [3.8, 4) is 0 Å². The maximum absolute atomic E-state index is 10.8. The first-order valence-corrected chi connectivity index (χ1v) is 3.95. The third-order valence-electron chi connectivity index (χ3n) is 1.77. The van der Waals surface area contributed by atoms with Gasteiger partial charge in [0.05, 0.1) is 6.26 Å². The van der Waals surface area contributed by atoms with Crippen molar-refractivity contribution < 1.29 is 14.3 Å². The lowest BCUT2D eigenvalue weighted by molar-refractivity contribution is 0.0489. The van der Waals surface area contributed by atoms with E-state index in [4.69, 9.17) is 4.74 Å². The van der Waals surface area contributed by atoms with E-state index in [1.54, 1.807) is 6.08 Å². The number of ether oxygens (including phenoxy) is 2. The van der Waals surface area contributed by atoms with E-state index in [9.17, 15) is 4.79 Å². The molecule has 2 rings (SSSR count). The molecule has 1 aromatic carbocycles. The largest absolute Gasteiger partial charge is 0.514 e. The average Bonchev–Trinajstić information content (AvgIpc) is 2.19. The fourth-order valence-corrected chi connectivity index (χ4v) is 1.16. The van der Waals surface area contributed by atoms with Crippen LogP contribution in [-0.4, -0.2) is 6.16 Å². The Morgan fingerprint density at radius 1 is 1.15 bits per heavy atom. The Hall–Kier alpha value is -1.77. The van der Waals surface area contributed by atoms with Crippen molar-refractivity contribution in [3.63, 3.8) is 0 Å². The second-order valence-corrected chi connectivity index (χ2v) is 2.65. The third kappa shape index (κ3) is 1.69. The average molecular weight is 176 g/mol. The molecule has 3 heteroatoms. The van der Waals surface area contributed by atoms with Crippen LogP contribution in [0.4, 0.5) is 4.79 Å². The molecule has 0 aliphatic carbocycles. The molecule has 0 saturated heterocycles. The number of carbonyl (C=O) groups is 1. The van der Waals surface area contributed by atoms with Crippen molar-refractivity contribution in [1.29, 1.82) is 0 Å². The fraction of sp³-hybridized carbons (Fsp3) is 0.100. The minimum Gasteiger partial charge on any atom is -0.421 e. The summed E-state index contributed by atoms with van der Waals surface area (Å²) in [6.07, 6.45) is 2.07. The van der Waals surface area contributed by atoms with Gasteiger partial charge in [-0.05, 0) is 11.6 Å². The van der Waals surface area contributed by atoms with Crippen molar-refractivity contribution in [2.24, 2.45) is 0 Å². The van der Waals surface area contributed by atoms with Gasteiger partial charge >= 0.3 is 6.16 Å². The van der Waals surface area contributed by atoms with E-state index in [-0.39, 0.29) is 6.10 Å². The fourth-order valence-electron chi connectivity index (χ4n) is 1.16. The van der Waals surface area contributed by atoms with Crippen molar-refractivity contribution >= 4 is 6.16 Å². The summed E-state index contributed by atoms with van der Waals surface area (Å²) < 4.78 is 9.41. The highest BCUT2D eigenvalue weighted by Crippen LogP contribution is 2.21. The highest BCUT2D eigenvalue weighted by molar-refractivity contribution is 5.62. The van der Waals surface area contributed by atoms with Crippen LogP contribution in [0.5, 0.6) is 0 Å². The highest BCUT2D eigenvalue weighted by Gasteiger charge is 2.17. The van der Waals surface area contributed by atoms with E-state index in [0.717, 1.165) is 5.56 Å². The van der Waals surface area contributed by atoms with Gasteiger partial charge < -0.3 is 9.47 Å². The predicted molar refractivity (Wildman–Crippen MR) is 45.9 cm³/mol. The summed E-state index contributed by atoms with van der Waals surface area (Å²) in [5.41, 5.74) is 0.940. The van der Waals surface area contributed by atoms with Gasteiger partial charge in [-0.3, -0.25) is 0 Å². The van der Waals surface area contributed by atoms with E-state index in [1.807, 2.05) is 30.3 Å². The van der Waals surface area contributed by atoms with Crippen LogP contribution in [0.25, 0.3) is 0 Å². The highest BCUT2D eigenvalue weighted by atomic mass is 16.7. The Balaban J connectivity index is 2.22. The minimum atomic E-state index is -0.656. The molecule has 0 amide bonds. The zero-order valence-corrected chi connectivity index (χ0v) is 6.84. The molecule has 1 aliphatic rings. The number of hydrogen-bond donors (Lipinski definition) is 0. The molecule has 1 aliphatic heterocycles. The van der Waals surface area contributed by atoms with Gasteiger partial charge in [0, 0.05) is 0 Å². The minimum absolute atomic E-state index is 0.317. The molecule has 13 heavy (non-hydrogen) atoms. The molecule has 1 atom stereocenters. The van der Waals surface area contributed by atoms with Crippen LogP contribution in [0.2, 0.25) is 0 Å². The van der Waals surface area contributed by atoms with Crippen LogP contribution in [0, 0.1) is 0 Å². The molecule has 1 heterocycles. The molecule has 1 aromatic rings. The smallest absolute Gasteiger partial charge is 0.421 e. The van der Waals surface area contributed by atoms with Gasteiger partial charge in [-0.2, -0.15) is 0 Å². The van der Waals surface area contributed by atoms with E-state index in [2.05, 4.69) is 4.74 Å². The van der Waals surface area contributed by atoms with Crippen LogP contribution < -0.4 is 0 Å². The number of rotatable bonds is 1. The maximum Gasteiger partial charge on any atom is 0.514 e. The molecule has 0 saturated carbocycles. The summed E-state index contributed by atoms with van der Waals surface area (Å²) in [5.74, 6) is 0. The van der Waals surface area contributed by atoms with E-state index in [1.165, 1.54) is 6.26 Å². The first kappa shape index (κ1) is 7.86. The van der Waals surface area contributed by atoms with Gasteiger partial charge in [0.25, 0.3) is 0 Å². The Labute approximate surface area is 75.6 Å². The number of carbonyl (C=O) groups excluding carboxylic acids is 1. The van der Waals surface area contributed by atoms with Gasteiger partial charge in [0.1, 0.15) is 0 Å². The van der Waals surface area contributed by atoms with Crippen LogP contribution in [0.15, 0.2) is 42.7 Å². The first-order valence-electron chi connectivity index (χ1n) is 3.95. The Bertz CT molecular complexity index is 329. The lowest BCUT2D eigenvalue weighted by atomic mass is 10.1. The quantitative estimate of drug-likeness (QED) is 0.616.